The second kappa shape index (κ2) is 9.90. The Labute approximate surface area is 146 Å². The maximum absolute atomic E-state index is 12.2. The smallest absolute Gasteiger partial charge is 0.317 e. The molecule has 0 aromatic heterocycles. The molecule has 1 atom stereocenters. The number of nitrogens with zero attached hydrogens (tertiary/aromatic N) is 1. The summed E-state index contributed by atoms with van der Waals surface area (Å²) < 4.78 is 0. The van der Waals surface area contributed by atoms with Gasteiger partial charge in [0.15, 0.2) is 0 Å². The first-order valence-electron chi connectivity index (χ1n) is 6.57. The molecule has 0 saturated carbocycles. The van der Waals surface area contributed by atoms with Crippen molar-refractivity contribution in [2.45, 2.75) is 26.3 Å². The van der Waals surface area contributed by atoms with Gasteiger partial charge in [-0.05, 0) is 38.1 Å². The number of aliphatic carboxylic acids is 1. The average molecular weight is 370 g/mol. The summed E-state index contributed by atoms with van der Waals surface area (Å²) >= 11 is 11.7. The van der Waals surface area contributed by atoms with Gasteiger partial charge >= 0.3 is 5.97 Å². The summed E-state index contributed by atoms with van der Waals surface area (Å²) in [5, 5.41) is 12.3. The topological polar surface area (TPSA) is 69.6 Å². The summed E-state index contributed by atoms with van der Waals surface area (Å²) in [5.41, 5.74) is 0.521. The fourth-order valence-corrected chi connectivity index (χ4v) is 2.16. The third kappa shape index (κ3) is 6.40. The maximum atomic E-state index is 12.2. The molecule has 0 aliphatic carbocycles. The van der Waals surface area contributed by atoms with E-state index in [4.69, 9.17) is 28.3 Å². The molecule has 0 radical (unpaired) electrons. The van der Waals surface area contributed by atoms with E-state index in [1.807, 2.05) is 6.92 Å². The van der Waals surface area contributed by atoms with E-state index in [0.29, 0.717) is 22.3 Å². The molecule has 5 nitrogen and oxygen atoms in total. The van der Waals surface area contributed by atoms with E-state index < -0.39 is 12.0 Å². The van der Waals surface area contributed by atoms with Crippen molar-refractivity contribution in [3.8, 4) is 0 Å². The monoisotopic (exact) mass is 368 g/mol. The molecular formula is C14H19Cl3N2O3. The number of halogens is 3. The quantitative estimate of drug-likeness (QED) is 0.771. The highest BCUT2D eigenvalue weighted by molar-refractivity contribution is 6.42. The highest BCUT2D eigenvalue weighted by atomic mass is 35.5. The van der Waals surface area contributed by atoms with Gasteiger partial charge in [-0.1, -0.05) is 30.1 Å². The summed E-state index contributed by atoms with van der Waals surface area (Å²) in [7, 11) is 0. The van der Waals surface area contributed by atoms with E-state index >= 15 is 0 Å². The molecule has 22 heavy (non-hydrogen) atoms. The molecule has 0 fully saturated rings. The summed E-state index contributed by atoms with van der Waals surface area (Å²) in [5.74, 6) is -1.25. The summed E-state index contributed by atoms with van der Waals surface area (Å²) in [6, 6.07) is 4.22. The van der Waals surface area contributed by atoms with E-state index in [-0.39, 0.29) is 24.9 Å². The number of carbonyl (C=O) groups excluding carboxylic acids is 1. The van der Waals surface area contributed by atoms with E-state index in [0.717, 1.165) is 6.42 Å². The number of carboxylic acids is 1. The Morgan fingerprint density at radius 3 is 2.45 bits per heavy atom. The Bertz CT molecular complexity index is 526. The number of hydrogen-bond donors (Lipinski definition) is 2. The summed E-state index contributed by atoms with van der Waals surface area (Å²) in [6.45, 7) is 3.95. The van der Waals surface area contributed by atoms with Crippen molar-refractivity contribution in [1.29, 1.82) is 0 Å². The molecule has 1 amide bonds. The second-order valence-corrected chi connectivity index (χ2v) is 5.47. The van der Waals surface area contributed by atoms with Gasteiger partial charge in [-0.2, -0.15) is 0 Å². The van der Waals surface area contributed by atoms with E-state index in [2.05, 4.69) is 5.32 Å². The molecule has 1 unspecified atom stereocenters. The molecule has 0 bridgehead atoms. The molecule has 0 saturated heterocycles. The van der Waals surface area contributed by atoms with Gasteiger partial charge in [-0.3, -0.25) is 14.5 Å². The van der Waals surface area contributed by atoms with Crippen LogP contribution in [0.1, 0.15) is 20.3 Å². The molecule has 0 aliphatic heterocycles. The summed E-state index contributed by atoms with van der Waals surface area (Å²) in [6.07, 6.45) is 0.762. The number of carboxylic acid groups (broad SMARTS) is 1. The molecule has 0 aliphatic rings. The zero-order valence-electron chi connectivity index (χ0n) is 12.3. The second-order valence-electron chi connectivity index (χ2n) is 4.66. The lowest BCUT2D eigenvalue weighted by atomic mass is 10.2. The third-order valence-corrected chi connectivity index (χ3v) is 3.70. The number of carbonyl (C=O) groups is 2. The van der Waals surface area contributed by atoms with Crippen LogP contribution in [0, 0.1) is 0 Å². The molecular weight excluding hydrogens is 351 g/mol. The van der Waals surface area contributed by atoms with E-state index in [9.17, 15) is 9.59 Å². The maximum Gasteiger partial charge on any atom is 0.317 e. The number of anilines is 1. The van der Waals surface area contributed by atoms with Crippen LogP contribution in [-0.4, -0.2) is 41.0 Å². The van der Waals surface area contributed by atoms with Crippen LogP contribution in [-0.2, 0) is 9.59 Å². The average Bonchev–Trinajstić information content (AvgIpc) is 2.41. The Morgan fingerprint density at radius 1 is 1.32 bits per heavy atom. The number of nitrogens with one attached hydrogen (secondary N) is 1. The van der Waals surface area contributed by atoms with Crippen molar-refractivity contribution in [3.63, 3.8) is 0 Å². The first-order valence-corrected chi connectivity index (χ1v) is 7.32. The van der Waals surface area contributed by atoms with Crippen LogP contribution in [0.15, 0.2) is 18.2 Å². The Hall–Kier alpha value is -1.01. The minimum Gasteiger partial charge on any atom is -0.480 e. The minimum absolute atomic E-state index is 0. The zero-order chi connectivity index (χ0) is 16.0. The van der Waals surface area contributed by atoms with Crippen molar-refractivity contribution >= 4 is 53.2 Å². The molecule has 1 aromatic rings. The van der Waals surface area contributed by atoms with Gasteiger partial charge in [0, 0.05) is 5.69 Å². The third-order valence-electron chi connectivity index (χ3n) is 2.96. The van der Waals surface area contributed by atoms with Crippen molar-refractivity contribution in [1.82, 2.24) is 4.90 Å². The highest BCUT2D eigenvalue weighted by Gasteiger charge is 2.22. The van der Waals surface area contributed by atoms with Gasteiger partial charge in [0.2, 0.25) is 5.91 Å². The zero-order valence-corrected chi connectivity index (χ0v) is 14.6. The van der Waals surface area contributed by atoms with Gasteiger partial charge in [0.1, 0.15) is 0 Å². The van der Waals surface area contributed by atoms with E-state index in [1.54, 1.807) is 30.0 Å². The van der Waals surface area contributed by atoms with Gasteiger partial charge in [-0.25, -0.2) is 0 Å². The van der Waals surface area contributed by atoms with Gasteiger partial charge in [-0.15, -0.1) is 12.4 Å². The van der Waals surface area contributed by atoms with Crippen molar-refractivity contribution in [2.24, 2.45) is 0 Å². The standard InChI is InChI=1S/C14H18Cl2N2O3.ClH/c1-3-6-18(8-13(19)20)9(2)14(21)17-10-4-5-11(15)12(16)7-10;/h4-5,7,9H,3,6,8H2,1-2H3,(H,17,21)(H,19,20);1H. The Kier molecular flexibility index (Phi) is 9.44. The Morgan fingerprint density at radius 2 is 1.95 bits per heavy atom. The van der Waals surface area contributed by atoms with Crippen molar-refractivity contribution in [3.05, 3.63) is 28.2 Å². The van der Waals surface area contributed by atoms with Gasteiger partial charge in [0.25, 0.3) is 0 Å². The lowest BCUT2D eigenvalue weighted by molar-refractivity contribution is -0.139. The van der Waals surface area contributed by atoms with Crippen LogP contribution in [0.2, 0.25) is 10.0 Å². The molecule has 8 heteroatoms. The van der Waals surface area contributed by atoms with Crippen LogP contribution in [0.5, 0.6) is 0 Å². The molecule has 1 rings (SSSR count). The predicted octanol–water partition coefficient (Wildman–Crippen LogP) is 3.54. The molecule has 124 valence electrons. The SMILES string of the molecule is CCCN(CC(=O)O)C(C)C(=O)Nc1ccc(Cl)c(Cl)c1.Cl. The van der Waals surface area contributed by atoms with Crippen LogP contribution >= 0.6 is 35.6 Å². The van der Waals surface area contributed by atoms with E-state index in [1.165, 1.54) is 0 Å². The van der Waals surface area contributed by atoms with Crippen molar-refractivity contribution in [2.75, 3.05) is 18.4 Å². The number of hydrogen-bond acceptors (Lipinski definition) is 3. The predicted molar refractivity (Wildman–Crippen MR) is 91.3 cm³/mol. The normalized spacial score (nSPS) is 11.7. The fraction of sp³-hybridized carbons (Fsp3) is 0.429. The largest absolute Gasteiger partial charge is 0.480 e. The lowest BCUT2D eigenvalue weighted by Gasteiger charge is -2.26. The number of benzene rings is 1. The van der Waals surface area contributed by atoms with Crippen LogP contribution in [0.3, 0.4) is 0 Å². The first-order chi connectivity index (χ1) is 9.85. The summed E-state index contributed by atoms with van der Waals surface area (Å²) in [4.78, 5) is 24.6. The molecule has 0 spiro atoms. The fourth-order valence-electron chi connectivity index (χ4n) is 1.86. The molecule has 2 N–H and O–H groups in total. The lowest BCUT2D eigenvalue weighted by Crippen LogP contribution is -2.44. The molecule has 0 heterocycles. The highest BCUT2D eigenvalue weighted by Crippen LogP contribution is 2.25. The van der Waals surface area contributed by atoms with Gasteiger partial charge in [0.05, 0.1) is 22.6 Å². The van der Waals surface area contributed by atoms with Gasteiger partial charge < -0.3 is 10.4 Å². The number of rotatable bonds is 7. The van der Waals surface area contributed by atoms with Crippen LogP contribution in [0.4, 0.5) is 5.69 Å². The van der Waals surface area contributed by atoms with Crippen LogP contribution < -0.4 is 5.32 Å². The minimum atomic E-state index is -0.961. The van der Waals surface area contributed by atoms with Crippen LogP contribution in [0.25, 0.3) is 0 Å². The first kappa shape index (κ1) is 21.0. The Balaban J connectivity index is 0.00000441. The van der Waals surface area contributed by atoms with Crippen molar-refractivity contribution < 1.29 is 14.7 Å². The number of amides is 1. The molecule has 1 aromatic carbocycles.